The second kappa shape index (κ2) is 8.32. The molecule has 0 aliphatic heterocycles. The molecule has 0 unspecified atom stereocenters. The Bertz CT molecular complexity index is 685. The SMILES string of the molecule is CON=CCc1ccc(Nc2ncnc(N)c2C=NOC)cc1. The van der Waals surface area contributed by atoms with Gasteiger partial charge in [-0.3, -0.25) is 0 Å². The van der Waals surface area contributed by atoms with Crippen molar-refractivity contribution in [3.05, 3.63) is 41.7 Å². The van der Waals surface area contributed by atoms with E-state index in [-0.39, 0.29) is 0 Å². The second-order valence-electron chi connectivity index (χ2n) is 4.43. The van der Waals surface area contributed by atoms with Crippen molar-refractivity contribution in [3.8, 4) is 0 Å². The molecule has 8 heteroatoms. The van der Waals surface area contributed by atoms with E-state index in [9.17, 15) is 0 Å². The number of aromatic nitrogens is 2. The fourth-order valence-electron chi connectivity index (χ4n) is 1.82. The van der Waals surface area contributed by atoms with Gasteiger partial charge in [0, 0.05) is 18.3 Å². The summed E-state index contributed by atoms with van der Waals surface area (Å²) in [6, 6.07) is 7.84. The third-order valence-electron chi connectivity index (χ3n) is 2.93. The van der Waals surface area contributed by atoms with Crippen LogP contribution in [0.2, 0.25) is 0 Å². The highest BCUT2D eigenvalue weighted by Gasteiger charge is 2.07. The third kappa shape index (κ3) is 4.67. The van der Waals surface area contributed by atoms with Crippen LogP contribution in [0.3, 0.4) is 0 Å². The zero-order chi connectivity index (χ0) is 16.5. The minimum Gasteiger partial charge on any atom is -0.399 e. The summed E-state index contributed by atoms with van der Waals surface area (Å²) < 4.78 is 0. The molecule has 1 heterocycles. The fraction of sp³-hybridized carbons (Fsp3) is 0.200. The van der Waals surface area contributed by atoms with Crippen molar-refractivity contribution in [1.82, 2.24) is 9.97 Å². The van der Waals surface area contributed by atoms with Crippen LogP contribution in [-0.4, -0.2) is 36.6 Å². The molecule has 1 aromatic heterocycles. The third-order valence-corrected chi connectivity index (χ3v) is 2.93. The quantitative estimate of drug-likeness (QED) is 0.597. The van der Waals surface area contributed by atoms with Crippen molar-refractivity contribution in [2.24, 2.45) is 10.3 Å². The van der Waals surface area contributed by atoms with Crippen LogP contribution in [0.5, 0.6) is 0 Å². The molecule has 0 spiro atoms. The molecular formula is C15H18N6O2. The standard InChI is InChI=1S/C15H18N6O2/c1-22-19-8-7-11-3-5-12(6-4-11)21-15-13(9-20-23-2)14(16)17-10-18-15/h3-6,8-10H,7H2,1-2H3,(H3,16,17,18,21). The first-order chi connectivity index (χ1) is 11.2. The number of benzene rings is 1. The molecular weight excluding hydrogens is 296 g/mol. The molecule has 1 aromatic carbocycles. The Kier molecular flexibility index (Phi) is 5.87. The largest absolute Gasteiger partial charge is 0.399 e. The van der Waals surface area contributed by atoms with Gasteiger partial charge >= 0.3 is 0 Å². The van der Waals surface area contributed by atoms with Gasteiger partial charge in [0.1, 0.15) is 32.2 Å². The van der Waals surface area contributed by atoms with E-state index in [1.165, 1.54) is 26.8 Å². The topological polar surface area (TPSA) is 107 Å². The predicted molar refractivity (Wildman–Crippen MR) is 90.0 cm³/mol. The first-order valence-corrected chi connectivity index (χ1v) is 6.82. The van der Waals surface area contributed by atoms with Crippen molar-refractivity contribution in [2.45, 2.75) is 6.42 Å². The van der Waals surface area contributed by atoms with Gasteiger partial charge in [0.05, 0.1) is 11.8 Å². The maximum Gasteiger partial charge on any atom is 0.144 e. The highest BCUT2D eigenvalue weighted by molar-refractivity contribution is 5.92. The fourth-order valence-corrected chi connectivity index (χ4v) is 1.82. The molecule has 0 aliphatic carbocycles. The molecule has 3 N–H and O–H groups in total. The Morgan fingerprint density at radius 3 is 2.57 bits per heavy atom. The summed E-state index contributed by atoms with van der Waals surface area (Å²) >= 11 is 0. The second-order valence-corrected chi connectivity index (χ2v) is 4.43. The smallest absolute Gasteiger partial charge is 0.144 e. The Hall–Kier alpha value is -3.16. The van der Waals surface area contributed by atoms with Gasteiger partial charge in [0.25, 0.3) is 0 Å². The van der Waals surface area contributed by atoms with Crippen molar-refractivity contribution in [3.63, 3.8) is 0 Å². The lowest BCUT2D eigenvalue weighted by atomic mass is 10.1. The van der Waals surface area contributed by atoms with Crippen LogP contribution < -0.4 is 11.1 Å². The van der Waals surface area contributed by atoms with E-state index in [0.717, 1.165) is 11.3 Å². The first-order valence-electron chi connectivity index (χ1n) is 6.82. The van der Waals surface area contributed by atoms with Crippen LogP contribution in [0.1, 0.15) is 11.1 Å². The molecule has 0 atom stereocenters. The molecule has 120 valence electrons. The lowest BCUT2D eigenvalue weighted by molar-refractivity contribution is 0.215. The minimum absolute atomic E-state index is 0.315. The summed E-state index contributed by atoms with van der Waals surface area (Å²) in [7, 11) is 2.97. The molecule has 8 nitrogen and oxygen atoms in total. The minimum atomic E-state index is 0.315. The molecule has 0 aliphatic rings. The van der Waals surface area contributed by atoms with Gasteiger partial charge < -0.3 is 20.7 Å². The summed E-state index contributed by atoms with van der Waals surface area (Å²) in [5.41, 5.74) is 8.38. The van der Waals surface area contributed by atoms with Crippen LogP contribution in [0.4, 0.5) is 17.3 Å². The van der Waals surface area contributed by atoms with Gasteiger partial charge in [-0.15, -0.1) is 0 Å². The van der Waals surface area contributed by atoms with E-state index >= 15 is 0 Å². The van der Waals surface area contributed by atoms with Gasteiger partial charge in [0.15, 0.2) is 0 Å². The molecule has 23 heavy (non-hydrogen) atoms. The number of nitrogens with two attached hydrogens (primary N) is 1. The molecule has 0 saturated heterocycles. The molecule has 2 aromatic rings. The summed E-state index contributed by atoms with van der Waals surface area (Å²) in [5.74, 6) is 0.864. The average Bonchev–Trinajstić information content (AvgIpc) is 2.56. The van der Waals surface area contributed by atoms with Crippen molar-refractivity contribution < 1.29 is 9.68 Å². The number of anilines is 3. The highest BCUT2D eigenvalue weighted by Crippen LogP contribution is 2.20. The van der Waals surface area contributed by atoms with Crippen molar-refractivity contribution in [1.29, 1.82) is 0 Å². The van der Waals surface area contributed by atoms with E-state index in [0.29, 0.717) is 23.6 Å². The molecule has 2 rings (SSSR count). The van der Waals surface area contributed by atoms with Crippen LogP contribution in [0.15, 0.2) is 40.9 Å². The summed E-state index contributed by atoms with van der Waals surface area (Å²) in [4.78, 5) is 17.4. The van der Waals surface area contributed by atoms with Crippen molar-refractivity contribution >= 4 is 29.8 Å². The number of oxime groups is 2. The summed E-state index contributed by atoms with van der Waals surface area (Å²) in [6.45, 7) is 0. The van der Waals surface area contributed by atoms with Gasteiger partial charge in [-0.1, -0.05) is 22.4 Å². The number of nitrogens with one attached hydrogen (secondary N) is 1. The zero-order valence-corrected chi connectivity index (χ0v) is 12.9. The monoisotopic (exact) mass is 314 g/mol. The Labute approximate surface area is 134 Å². The van der Waals surface area contributed by atoms with Gasteiger partial charge in [0.2, 0.25) is 0 Å². The normalized spacial score (nSPS) is 11.0. The highest BCUT2D eigenvalue weighted by atomic mass is 16.6. The molecule has 0 amide bonds. The lowest BCUT2D eigenvalue weighted by Gasteiger charge is -2.09. The molecule has 0 fully saturated rings. The van der Waals surface area contributed by atoms with Gasteiger partial charge in [-0.25, -0.2) is 9.97 Å². The summed E-state index contributed by atoms with van der Waals surface area (Å²) in [5, 5.41) is 10.6. The van der Waals surface area contributed by atoms with Crippen LogP contribution in [-0.2, 0) is 16.1 Å². The molecule has 0 bridgehead atoms. The lowest BCUT2D eigenvalue weighted by Crippen LogP contribution is -2.05. The van der Waals surface area contributed by atoms with Gasteiger partial charge in [-0.05, 0) is 17.7 Å². The first kappa shape index (κ1) is 16.2. The zero-order valence-electron chi connectivity index (χ0n) is 12.9. The number of nitrogens with zero attached hydrogens (tertiary/aromatic N) is 4. The predicted octanol–water partition coefficient (Wildman–Crippen LogP) is 1.96. The Balaban J connectivity index is 2.14. The van der Waals surface area contributed by atoms with E-state index in [1.807, 2.05) is 24.3 Å². The maximum atomic E-state index is 5.84. The number of hydrogen-bond acceptors (Lipinski definition) is 8. The van der Waals surface area contributed by atoms with Crippen LogP contribution >= 0.6 is 0 Å². The molecule has 0 radical (unpaired) electrons. The molecule has 0 saturated carbocycles. The van der Waals surface area contributed by atoms with Crippen LogP contribution in [0, 0.1) is 0 Å². The Morgan fingerprint density at radius 2 is 1.87 bits per heavy atom. The van der Waals surface area contributed by atoms with E-state index in [1.54, 1.807) is 6.21 Å². The van der Waals surface area contributed by atoms with Gasteiger partial charge in [-0.2, -0.15) is 0 Å². The number of rotatable bonds is 7. The number of hydrogen-bond donors (Lipinski definition) is 2. The van der Waals surface area contributed by atoms with Crippen LogP contribution in [0.25, 0.3) is 0 Å². The number of nitrogen functional groups attached to an aromatic ring is 1. The van der Waals surface area contributed by atoms with E-state index in [2.05, 4.69) is 35.3 Å². The Morgan fingerprint density at radius 1 is 1.13 bits per heavy atom. The summed E-state index contributed by atoms with van der Waals surface area (Å²) in [6.07, 6.45) is 5.25. The van der Waals surface area contributed by atoms with E-state index in [4.69, 9.17) is 5.73 Å². The van der Waals surface area contributed by atoms with Crippen molar-refractivity contribution in [2.75, 3.05) is 25.3 Å². The average molecular weight is 314 g/mol. The van der Waals surface area contributed by atoms with E-state index < -0.39 is 0 Å². The maximum absolute atomic E-state index is 5.84.